The number of halogens is 2. The highest BCUT2D eigenvalue weighted by Gasteiger charge is 2.28. The molecule has 1 aliphatic rings. The second kappa shape index (κ2) is 8.41. The van der Waals surface area contributed by atoms with Gasteiger partial charge < -0.3 is 5.32 Å². The fourth-order valence-corrected chi connectivity index (χ4v) is 3.92. The lowest BCUT2D eigenvalue weighted by atomic mass is 9.72. The number of rotatable bonds is 6. The first-order chi connectivity index (χ1) is 10.1. The van der Waals surface area contributed by atoms with Gasteiger partial charge in [0.25, 0.3) is 0 Å². The number of nitrogens with one attached hydrogen (secondary N) is 1. The van der Waals surface area contributed by atoms with E-state index in [0.717, 1.165) is 41.4 Å². The van der Waals surface area contributed by atoms with Crippen molar-refractivity contribution in [3.63, 3.8) is 0 Å². The summed E-state index contributed by atoms with van der Waals surface area (Å²) in [6.07, 6.45) is 6.26. The van der Waals surface area contributed by atoms with Crippen molar-refractivity contribution in [2.24, 2.45) is 17.8 Å². The van der Waals surface area contributed by atoms with Gasteiger partial charge in [-0.25, -0.2) is 0 Å². The Hall–Kier alpha value is -0.240. The van der Waals surface area contributed by atoms with E-state index in [2.05, 4.69) is 19.2 Å². The molecule has 2 rings (SSSR count). The van der Waals surface area contributed by atoms with Gasteiger partial charge in [0, 0.05) is 10.0 Å². The zero-order valence-electron chi connectivity index (χ0n) is 13.2. The van der Waals surface area contributed by atoms with Gasteiger partial charge in [-0.2, -0.15) is 0 Å². The topological polar surface area (TPSA) is 12.0 Å². The summed E-state index contributed by atoms with van der Waals surface area (Å²) in [6, 6.07) is 5.84. The van der Waals surface area contributed by atoms with Crippen molar-refractivity contribution in [2.45, 2.75) is 46.0 Å². The van der Waals surface area contributed by atoms with Crippen molar-refractivity contribution < 1.29 is 0 Å². The Morgan fingerprint density at radius 1 is 1.19 bits per heavy atom. The van der Waals surface area contributed by atoms with Crippen molar-refractivity contribution in [3.05, 3.63) is 33.8 Å². The molecule has 0 bridgehead atoms. The summed E-state index contributed by atoms with van der Waals surface area (Å²) in [5, 5.41) is 5.25. The molecule has 0 saturated heterocycles. The third kappa shape index (κ3) is 5.16. The van der Waals surface area contributed by atoms with Crippen LogP contribution in [-0.2, 0) is 6.42 Å². The molecule has 118 valence electrons. The Morgan fingerprint density at radius 3 is 2.76 bits per heavy atom. The molecule has 3 atom stereocenters. The van der Waals surface area contributed by atoms with E-state index in [0.29, 0.717) is 5.92 Å². The van der Waals surface area contributed by atoms with Crippen LogP contribution < -0.4 is 5.32 Å². The minimum Gasteiger partial charge on any atom is -0.316 e. The molecule has 1 aromatic rings. The van der Waals surface area contributed by atoms with Gasteiger partial charge in [-0.05, 0) is 80.3 Å². The summed E-state index contributed by atoms with van der Waals surface area (Å²) in [6.45, 7) is 6.86. The molecule has 1 aromatic carbocycles. The smallest absolute Gasteiger partial charge is 0.0439 e. The molecular formula is C18H27Cl2N. The molecule has 1 nitrogen and oxygen atoms in total. The lowest BCUT2D eigenvalue weighted by Crippen LogP contribution is -2.34. The second-order valence-corrected chi connectivity index (χ2v) is 7.43. The van der Waals surface area contributed by atoms with Crippen LogP contribution in [0.3, 0.4) is 0 Å². The second-order valence-electron chi connectivity index (χ2n) is 6.58. The molecule has 1 fully saturated rings. The Bertz CT molecular complexity index is 447. The summed E-state index contributed by atoms with van der Waals surface area (Å²) < 4.78 is 0. The first kappa shape index (κ1) is 17.1. The molecule has 3 unspecified atom stereocenters. The molecule has 0 heterocycles. The van der Waals surface area contributed by atoms with E-state index in [-0.39, 0.29) is 0 Å². The average Bonchev–Trinajstić information content (AvgIpc) is 2.45. The highest BCUT2D eigenvalue weighted by molar-refractivity contribution is 6.33. The zero-order chi connectivity index (χ0) is 15.2. The molecule has 1 aliphatic carbocycles. The number of hydrogen-bond acceptors (Lipinski definition) is 1. The molecule has 0 spiro atoms. The van der Waals surface area contributed by atoms with Gasteiger partial charge in [0.1, 0.15) is 0 Å². The van der Waals surface area contributed by atoms with Gasteiger partial charge in [0.2, 0.25) is 0 Å². The third-order valence-corrected chi connectivity index (χ3v) is 5.33. The molecule has 1 N–H and O–H groups in total. The lowest BCUT2D eigenvalue weighted by Gasteiger charge is -2.35. The van der Waals surface area contributed by atoms with E-state index in [1.165, 1.54) is 31.2 Å². The van der Waals surface area contributed by atoms with Gasteiger partial charge in [-0.15, -0.1) is 0 Å². The van der Waals surface area contributed by atoms with E-state index in [4.69, 9.17) is 23.2 Å². The average molecular weight is 328 g/mol. The van der Waals surface area contributed by atoms with Crippen molar-refractivity contribution >= 4 is 23.2 Å². The Balaban J connectivity index is 2.03. The van der Waals surface area contributed by atoms with Gasteiger partial charge in [0.15, 0.2) is 0 Å². The normalized spacial score (nSPS) is 26.0. The minimum absolute atomic E-state index is 0.717. The van der Waals surface area contributed by atoms with E-state index in [1.54, 1.807) is 0 Å². The van der Waals surface area contributed by atoms with Crippen molar-refractivity contribution in [1.29, 1.82) is 0 Å². The van der Waals surface area contributed by atoms with Crippen LogP contribution in [0.25, 0.3) is 0 Å². The van der Waals surface area contributed by atoms with Crippen LogP contribution in [0.4, 0.5) is 0 Å². The van der Waals surface area contributed by atoms with Crippen LogP contribution in [-0.4, -0.2) is 13.1 Å². The van der Waals surface area contributed by atoms with Crippen LogP contribution in [0.15, 0.2) is 18.2 Å². The van der Waals surface area contributed by atoms with Crippen LogP contribution in [0, 0.1) is 17.8 Å². The first-order valence-electron chi connectivity index (χ1n) is 8.24. The standard InChI is InChI=1S/C18H27Cl2N/c1-3-8-21-12-14-5-4-13(2)9-15(14)10-16-11-17(19)6-7-18(16)20/h6-7,11,13-15,21H,3-5,8-10,12H2,1-2H3. The SMILES string of the molecule is CCCNCC1CCC(C)CC1Cc1cc(Cl)ccc1Cl. The van der Waals surface area contributed by atoms with E-state index < -0.39 is 0 Å². The first-order valence-corrected chi connectivity index (χ1v) is 9.00. The quantitative estimate of drug-likeness (QED) is 0.671. The van der Waals surface area contributed by atoms with Gasteiger partial charge >= 0.3 is 0 Å². The van der Waals surface area contributed by atoms with Gasteiger partial charge in [-0.1, -0.05) is 43.5 Å². The molecule has 0 amide bonds. The summed E-state index contributed by atoms with van der Waals surface area (Å²) in [5.41, 5.74) is 1.21. The molecule has 0 aromatic heterocycles. The highest BCUT2D eigenvalue weighted by Crippen LogP contribution is 2.37. The predicted molar refractivity (Wildman–Crippen MR) is 93.3 cm³/mol. The van der Waals surface area contributed by atoms with E-state index >= 15 is 0 Å². The summed E-state index contributed by atoms with van der Waals surface area (Å²) in [7, 11) is 0. The maximum atomic E-state index is 6.35. The number of hydrogen-bond donors (Lipinski definition) is 1. The molecule has 3 heteroatoms. The van der Waals surface area contributed by atoms with Crippen LogP contribution >= 0.6 is 23.2 Å². The maximum Gasteiger partial charge on any atom is 0.0439 e. The van der Waals surface area contributed by atoms with E-state index in [9.17, 15) is 0 Å². The molecular weight excluding hydrogens is 301 g/mol. The van der Waals surface area contributed by atoms with Crippen LogP contribution in [0.2, 0.25) is 10.0 Å². The largest absolute Gasteiger partial charge is 0.316 e. The lowest BCUT2D eigenvalue weighted by molar-refractivity contribution is 0.184. The summed E-state index contributed by atoms with van der Waals surface area (Å²) in [5.74, 6) is 2.31. The third-order valence-electron chi connectivity index (χ3n) is 4.73. The minimum atomic E-state index is 0.717. The van der Waals surface area contributed by atoms with Crippen LogP contribution in [0.5, 0.6) is 0 Å². The fourth-order valence-electron chi connectivity index (χ4n) is 3.53. The Labute approximate surface area is 139 Å². The summed E-state index contributed by atoms with van der Waals surface area (Å²) in [4.78, 5) is 0. The van der Waals surface area contributed by atoms with Gasteiger partial charge in [0.05, 0.1) is 0 Å². The Kier molecular flexibility index (Phi) is 6.85. The maximum absolute atomic E-state index is 6.35. The number of benzene rings is 1. The molecule has 0 radical (unpaired) electrons. The molecule has 1 saturated carbocycles. The molecule has 21 heavy (non-hydrogen) atoms. The monoisotopic (exact) mass is 327 g/mol. The fraction of sp³-hybridized carbons (Fsp3) is 0.667. The van der Waals surface area contributed by atoms with Crippen molar-refractivity contribution in [3.8, 4) is 0 Å². The van der Waals surface area contributed by atoms with Gasteiger partial charge in [-0.3, -0.25) is 0 Å². The van der Waals surface area contributed by atoms with E-state index in [1.807, 2.05) is 18.2 Å². The Morgan fingerprint density at radius 2 is 2.00 bits per heavy atom. The zero-order valence-corrected chi connectivity index (χ0v) is 14.7. The summed E-state index contributed by atoms with van der Waals surface area (Å²) >= 11 is 12.5. The van der Waals surface area contributed by atoms with Crippen LogP contribution in [0.1, 0.15) is 45.1 Å². The van der Waals surface area contributed by atoms with Crippen molar-refractivity contribution in [2.75, 3.05) is 13.1 Å². The predicted octanol–water partition coefficient (Wildman–Crippen LogP) is 5.59. The molecule has 0 aliphatic heterocycles. The highest BCUT2D eigenvalue weighted by atomic mass is 35.5. The van der Waals surface area contributed by atoms with Crippen molar-refractivity contribution in [1.82, 2.24) is 5.32 Å².